The molecule has 1 aromatic heterocycles. The predicted octanol–water partition coefficient (Wildman–Crippen LogP) is 3.54. The Morgan fingerprint density at radius 2 is 1.81 bits per heavy atom. The van der Waals surface area contributed by atoms with E-state index >= 15 is 0 Å². The summed E-state index contributed by atoms with van der Waals surface area (Å²) in [5.74, 6) is 0.709. The van der Waals surface area contributed by atoms with Crippen LogP contribution < -0.4 is 10.1 Å². The largest absolute Gasteiger partial charge is 0.449 e. The summed E-state index contributed by atoms with van der Waals surface area (Å²) in [5, 5.41) is 3.88. The molecule has 0 saturated carbocycles. The van der Waals surface area contributed by atoms with E-state index in [1.54, 1.807) is 6.08 Å². The maximum absolute atomic E-state index is 12.1. The Hall–Kier alpha value is -3.01. The third-order valence-corrected chi connectivity index (χ3v) is 3.49. The molecule has 4 nitrogen and oxygen atoms in total. The zero-order chi connectivity index (χ0) is 14.2. The number of rotatable bonds is 1. The number of aromatic amines is 1. The van der Waals surface area contributed by atoms with E-state index in [2.05, 4.69) is 10.3 Å². The first-order valence-corrected chi connectivity index (χ1v) is 6.67. The van der Waals surface area contributed by atoms with Crippen LogP contribution in [0, 0.1) is 0 Å². The number of ether oxygens (including phenoxy) is 1. The molecule has 2 N–H and O–H groups in total. The Bertz CT molecular complexity index is 877. The first-order valence-electron chi connectivity index (χ1n) is 6.67. The Balaban J connectivity index is 1.78. The van der Waals surface area contributed by atoms with Gasteiger partial charge in [0, 0.05) is 22.7 Å². The van der Waals surface area contributed by atoms with Gasteiger partial charge in [-0.15, -0.1) is 0 Å². The number of hydrogen-bond donors (Lipinski definition) is 2. The number of amides is 1. The zero-order valence-electron chi connectivity index (χ0n) is 11.1. The highest BCUT2D eigenvalue weighted by atomic mass is 16.5. The van der Waals surface area contributed by atoms with Crippen molar-refractivity contribution in [2.45, 2.75) is 0 Å². The molecular formula is C17H12N2O2. The average Bonchev–Trinajstić information content (AvgIpc) is 2.91. The Kier molecular flexibility index (Phi) is 2.54. The monoisotopic (exact) mass is 276 g/mol. The maximum Gasteiger partial charge on any atom is 0.291 e. The van der Waals surface area contributed by atoms with Gasteiger partial charge in [-0.2, -0.15) is 0 Å². The first kappa shape index (κ1) is 11.8. The SMILES string of the molecule is O=C1Nc2ccccc2O/C1=C/c1c[nH]c2ccccc12. The zero-order valence-corrected chi connectivity index (χ0v) is 11.1. The van der Waals surface area contributed by atoms with Crippen LogP contribution in [0.4, 0.5) is 5.69 Å². The van der Waals surface area contributed by atoms with Gasteiger partial charge in [-0.3, -0.25) is 4.79 Å². The lowest BCUT2D eigenvalue weighted by atomic mass is 10.1. The second kappa shape index (κ2) is 4.52. The molecule has 1 aliphatic heterocycles. The number of hydrogen-bond acceptors (Lipinski definition) is 2. The fraction of sp³-hybridized carbons (Fsp3) is 0. The molecule has 0 atom stereocenters. The first-order chi connectivity index (χ1) is 10.3. The van der Waals surface area contributed by atoms with Gasteiger partial charge in [-0.05, 0) is 24.3 Å². The minimum absolute atomic E-state index is 0.237. The summed E-state index contributed by atoms with van der Waals surface area (Å²) in [5.41, 5.74) is 2.65. The lowest BCUT2D eigenvalue weighted by Crippen LogP contribution is -2.23. The van der Waals surface area contributed by atoms with Crippen molar-refractivity contribution in [2.75, 3.05) is 5.32 Å². The van der Waals surface area contributed by atoms with Gasteiger partial charge < -0.3 is 15.0 Å². The molecule has 2 aromatic carbocycles. The quantitative estimate of drug-likeness (QED) is 0.668. The van der Waals surface area contributed by atoms with Crippen LogP contribution in [-0.4, -0.2) is 10.9 Å². The number of anilines is 1. The standard InChI is InChI=1S/C17H12N2O2/c20-17-16(21-15-8-4-3-7-14(15)19-17)9-11-10-18-13-6-2-1-5-12(11)13/h1-10,18H,(H,19,20)/b16-9+. The van der Waals surface area contributed by atoms with E-state index in [0.29, 0.717) is 17.2 Å². The van der Waals surface area contributed by atoms with Crippen LogP contribution in [0.2, 0.25) is 0 Å². The van der Waals surface area contributed by atoms with Gasteiger partial charge in [0.05, 0.1) is 5.69 Å². The molecule has 0 spiro atoms. The molecule has 1 aliphatic rings. The van der Waals surface area contributed by atoms with Gasteiger partial charge in [0.2, 0.25) is 0 Å². The van der Waals surface area contributed by atoms with E-state index in [-0.39, 0.29) is 5.91 Å². The molecule has 0 aliphatic carbocycles. The predicted molar refractivity (Wildman–Crippen MR) is 82.0 cm³/mol. The van der Waals surface area contributed by atoms with Gasteiger partial charge in [0.25, 0.3) is 5.91 Å². The van der Waals surface area contributed by atoms with E-state index in [9.17, 15) is 4.79 Å². The van der Waals surface area contributed by atoms with Crippen LogP contribution in [-0.2, 0) is 4.79 Å². The highest BCUT2D eigenvalue weighted by Crippen LogP contribution is 2.31. The van der Waals surface area contributed by atoms with E-state index in [1.807, 2.05) is 54.7 Å². The van der Waals surface area contributed by atoms with Crippen molar-refractivity contribution in [3.63, 3.8) is 0 Å². The number of benzene rings is 2. The van der Waals surface area contributed by atoms with E-state index in [0.717, 1.165) is 16.5 Å². The Labute approximate surface area is 121 Å². The number of H-pyrrole nitrogens is 1. The fourth-order valence-electron chi connectivity index (χ4n) is 2.46. The van der Waals surface area contributed by atoms with Gasteiger partial charge in [0.1, 0.15) is 0 Å². The normalized spacial score (nSPS) is 15.6. The number of carbonyl (C=O) groups is 1. The molecule has 102 valence electrons. The summed E-state index contributed by atoms with van der Waals surface area (Å²) in [4.78, 5) is 15.3. The van der Waals surface area contributed by atoms with Crippen LogP contribution >= 0.6 is 0 Å². The molecule has 0 fully saturated rings. The van der Waals surface area contributed by atoms with Crippen molar-refractivity contribution in [3.05, 3.63) is 66.1 Å². The summed E-state index contributed by atoms with van der Waals surface area (Å²) in [6.07, 6.45) is 3.62. The van der Waals surface area contributed by atoms with E-state index in [4.69, 9.17) is 4.74 Å². The molecule has 21 heavy (non-hydrogen) atoms. The molecule has 0 bridgehead atoms. The number of nitrogens with one attached hydrogen (secondary N) is 2. The van der Waals surface area contributed by atoms with Gasteiger partial charge in [0.15, 0.2) is 11.5 Å². The second-order valence-electron chi connectivity index (χ2n) is 4.85. The fourth-order valence-corrected chi connectivity index (χ4v) is 2.46. The summed E-state index contributed by atoms with van der Waals surface area (Å²) in [7, 11) is 0. The van der Waals surface area contributed by atoms with Crippen LogP contribution in [0.15, 0.2) is 60.5 Å². The second-order valence-corrected chi connectivity index (χ2v) is 4.85. The van der Waals surface area contributed by atoms with E-state index < -0.39 is 0 Å². The highest BCUT2D eigenvalue weighted by molar-refractivity contribution is 6.09. The summed E-state index contributed by atoms with van der Waals surface area (Å²) in [6, 6.07) is 15.3. The molecule has 2 heterocycles. The summed E-state index contributed by atoms with van der Waals surface area (Å²) < 4.78 is 5.70. The maximum atomic E-state index is 12.1. The molecule has 0 unspecified atom stereocenters. The molecular weight excluding hydrogens is 264 g/mol. The van der Waals surface area contributed by atoms with Crippen molar-refractivity contribution in [3.8, 4) is 5.75 Å². The summed E-state index contributed by atoms with van der Waals surface area (Å²) in [6.45, 7) is 0. The Morgan fingerprint density at radius 3 is 2.76 bits per heavy atom. The topological polar surface area (TPSA) is 54.1 Å². The van der Waals surface area contributed by atoms with Crippen molar-refractivity contribution >= 4 is 28.6 Å². The third-order valence-electron chi connectivity index (χ3n) is 3.49. The highest BCUT2D eigenvalue weighted by Gasteiger charge is 2.21. The van der Waals surface area contributed by atoms with E-state index in [1.165, 1.54) is 0 Å². The van der Waals surface area contributed by atoms with Crippen molar-refractivity contribution < 1.29 is 9.53 Å². The number of fused-ring (bicyclic) bond motifs is 2. The molecule has 4 rings (SSSR count). The lowest BCUT2D eigenvalue weighted by molar-refractivity contribution is -0.115. The Morgan fingerprint density at radius 1 is 1.00 bits per heavy atom. The summed E-state index contributed by atoms with van der Waals surface area (Å²) >= 11 is 0. The third kappa shape index (κ3) is 1.97. The molecule has 0 radical (unpaired) electrons. The van der Waals surface area contributed by atoms with Crippen LogP contribution in [0.1, 0.15) is 5.56 Å². The van der Waals surface area contributed by atoms with Crippen molar-refractivity contribution in [2.24, 2.45) is 0 Å². The molecule has 1 amide bonds. The van der Waals surface area contributed by atoms with Gasteiger partial charge in [-0.25, -0.2) is 0 Å². The average molecular weight is 276 g/mol. The van der Waals surface area contributed by atoms with Gasteiger partial charge in [-0.1, -0.05) is 30.3 Å². The van der Waals surface area contributed by atoms with Crippen molar-refractivity contribution in [1.29, 1.82) is 0 Å². The smallest absolute Gasteiger partial charge is 0.291 e. The van der Waals surface area contributed by atoms with Gasteiger partial charge >= 0.3 is 0 Å². The number of carbonyl (C=O) groups excluding carboxylic acids is 1. The minimum Gasteiger partial charge on any atom is -0.449 e. The van der Waals surface area contributed by atoms with Crippen LogP contribution in [0.3, 0.4) is 0 Å². The minimum atomic E-state index is -0.237. The number of para-hydroxylation sites is 3. The van der Waals surface area contributed by atoms with Crippen LogP contribution in [0.25, 0.3) is 17.0 Å². The van der Waals surface area contributed by atoms with Crippen LogP contribution in [0.5, 0.6) is 5.75 Å². The van der Waals surface area contributed by atoms with Crippen molar-refractivity contribution in [1.82, 2.24) is 4.98 Å². The molecule has 0 saturated heterocycles. The molecule has 3 aromatic rings. The lowest BCUT2D eigenvalue weighted by Gasteiger charge is -2.19. The molecule has 4 heteroatoms. The number of aromatic nitrogens is 1.